The monoisotopic (exact) mass is 547 g/mol. The van der Waals surface area contributed by atoms with Gasteiger partial charge in [-0.3, -0.25) is 33.5 Å². The maximum Gasteiger partial charge on any atom is 0.280 e. The molecular formula is C20H25N11O8. The van der Waals surface area contributed by atoms with Crippen LogP contribution in [0.1, 0.15) is 18.9 Å². The van der Waals surface area contributed by atoms with Crippen molar-refractivity contribution in [1.29, 1.82) is 0 Å². The van der Waals surface area contributed by atoms with E-state index in [0.29, 0.717) is 0 Å². The van der Waals surface area contributed by atoms with Gasteiger partial charge in [0.25, 0.3) is 11.1 Å². The topological polar surface area (TPSA) is 280 Å². The van der Waals surface area contributed by atoms with Crippen LogP contribution in [0.5, 0.6) is 0 Å². The van der Waals surface area contributed by atoms with Crippen LogP contribution in [-0.2, 0) is 14.3 Å². The number of anilines is 2. The molecule has 0 radical (unpaired) electrons. The molecule has 208 valence electrons. The Hall–Kier alpha value is -3.98. The van der Waals surface area contributed by atoms with Crippen molar-refractivity contribution in [2.24, 2.45) is 0 Å². The van der Waals surface area contributed by atoms with E-state index in [4.69, 9.17) is 25.8 Å². The highest BCUT2D eigenvalue weighted by Gasteiger charge is 2.45. The van der Waals surface area contributed by atoms with Crippen molar-refractivity contribution < 1.29 is 29.6 Å². The predicted octanol–water partition coefficient (Wildman–Crippen LogP) is -3.79. The zero-order valence-electron chi connectivity index (χ0n) is 20.0. The highest BCUT2D eigenvalue weighted by atomic mass is 16.7. The Morgan fingerprint density at radius 3 is 2.23 bits per heavy atom. The molecule has 6 rings (SSSR count). The fourth-order valence-corrected chi connectivity index (χ4v) is 4.81. The molecule has 0 aliphatic carbocycles. The quantitative estimate of drug-likeness (QED) is 0.103. The molecule has 0 unspecified atom stereocenters. The first-order chi connectivity index (χ1) is 18.7. The van der Waals surface area contributed by atoms with E-state index in [2.05, 4.69) is 35.4 Å². The van der Waals surface area contributed by atoms with Gasteiger partial charge < -0.3 is 36.3 Å². The number of rotatable bonds is 7. The minimum absolute atomic E-state index is 0.00149. The number of hydroxylamine groups is 1. The molecule has 6 heterocycles. The zero-order chi connectivity index (χ0) is 27.4. The highest BCUT2D eigenvalue weighted by molar-refractivity contribution is 5.71. The zero-order valence-corrected chi connectivity index (χ0v) is 20.0. The van der Waals surface area contributed by atoms with Gasteiger partial charge in [-0.05, 0) is 0 Å². The minimum Gasteiger partial charge on any atom is -0.394 e. The molecular weight excluding hydrogens is 522 g/mol. The standard InChI is InChI=1S/C20H25N11O8/c21-19-26-14-10(16(35)28-19)23-4-30(14)9-1-6(8(3-32)37-9)39-25-2-7-12(33)13(34)18(38-7)31-5-24-11-15(31)27-20(22)29-17(11)36/h4-9,12-13,18,25,32-34H,1-3H2,(H3,21,26,28,35)(H3,22,27,29,36)/t6-,7+,8-,9+,12+,13-,18+/m0/s1. The summed E-state index contributed by atoms with van der Waals surface area (Å²) in [5.41, 5.74) is 13.3. The third-order valence-corrected chi connectivity index (χ3v) is 6.70. The number of aromatic amines is 2. The Bertz CT molecular complexity index is 1630. The number of nitrogens with zero attached hydrogens (tertiary/aromatic N) is 6. The van der Waals surface area contributed by atoms with Crippen LogP contribution in [0.3, 0.4) is 0 Å². The Balaban J connectivity index is 1.12. The fraction of sp³-hybridized carbons (Fsp3) is 0.500. The van der Waals surface area contributed by atoms with Crippen LogP contribution in [0, 0.1) is 0 Å². The van der Waals surface area contributed by atoms with E-state index in [9.17, 15) is 24.9 Å². The van der Waals surface area contributed by atoms with Crippen LogP contribution in [0.2, 0.25) is 0 Å². The van der Waals surface area contributed by atoms with Crippen molar-refractivity contribution in [1.82, 2.24) is 44.5 Å². The number of aliphatic hydroxyl groups excluding tert-OH is 3. The van der Waals surface area contributed by atoms with Crippen molar-refractivity contribution in [3.63, 3.8) is 0 Å². The van der Waals surface area contributed by atoms with E-state index in [-0.39, 0.29) is 53.8 Å². The minimum atomic E-state index is -1.38. The van der Waals surface area contributed by atoms with Gasteiger partial charge in [0.2, 0.25) is 11.9 Å². The molecule has 0 aromatic carbocycles. The van der Waals surface area contributed by atoms with Gasteiger partial charge in [0.15, 0.2) is 28.6 Å². The molecule has 2 fully saturated rings. The lowest BCUT2D eigenvalue weighted by atomic mass is 10.1. The van der Waals surface area contributed by atoms with Crippen molar-refractivity contribution in [3.05, 3.63) is 33.4 Å². The molecule has 4 aromatic heterocycles. The summed E-state index contributed by atoms with van der Waals surface area (Å²) < 4.78 is 14.6. The molecule has 19 heteroatoms. The second kappa shape index (κ2) is 9.64. The summed E-state index contributed by atoms with van der Waals surface area (Å²) in [6, 6.07) is 0. The van der Waals surface area contributed by atoms with Gasteiger partial charge in [0.1, 0.15) is 36.7 Å². The number of ether oxygens (including phenoxy) is 2. The average molecular weight is 547 g/mol. The number of hydrogen-bond acceptors (Lipinski definition) is 15. The Morgan fingerprint density at radius 1 is 0.974 bits per heavy atom. The van der Waals surface area contributed by atoms with Gasteiger partial charge in [-0.1, -0.05) is 0 Å². The SMILES string of the molecule is Nc1nc2c(ncn2[C@@H]2O[C@H](CNO[C@H]3C[C@H](n4cnc5c(=O)[nH]c(N)nc54)O[C@H]3CO)[C@@H](O)[C@@H]2O)c(=O)[nH]1. The molecule has 39 heavy (non-hydrogen) atoms. The Morgan fingerprint density at radius 2 is 1.59 bits per heavy atom. The van der Waals surface area contributed by atoms with Gasteiger partial charge >= 0.3 is 0 Å². The summed E-state index contributed by atoms with van der Waals surface area (Å²) >= 11 is 0. The first kappa shape index (κ1) is 25.3. The number of nitrogen functional groups attached to an aromatic ring is 2. The van der Waals surface area contributed by atoms with Crippen molar-refractivity contribution in [2.75, 3.05) is 24.6 Å². The lowest BCUT2D eigenvalue weighted by molar-refractivity contribution is -0.104. The van der Waals surface area contributed by atoms with Crippen LogP contribution in [-0.4, -0.2) is 98.0 Å². The largest absolute Gasteiger partial charge is 0.394 e. The molecule has 7 atom stereocenters. The van der Waals surface area contributed by atoms with Crippen LogP contribution >= 0.6 is 0 Å². The molecule has 0 bridgehead atoms. The molecule has 4 aromatic rings. The maximum atomic E-state index is 12.1. The number of aromatic nitrogens is 8. The lowest BCUT2D eigenvalue weighted by Crippen LogP contribution is -2.40. The van der Waals surface area contributed by atoms with E-state index in [1.54, 1.807) is 0 Å². The Kier molecular flexibility index (Phi) is 6.26. The third kappa shape index (κ3) is 4.30. The predicted molar refractivity (Wildman–Crippen MR) is 130 cm³/mol. The van der Waals surface area contributed by atoms with E-state index in [1.807, 2.05) is 0 Å². The molecule has 2 saturated heterocycles. The van der Waals surface area contributed by atoms with Crippen LogP contribution in [0.25, 0.3) is 22.3 Å². The lowest BCUT2D eigenvalue weighted by Gasteiger charge is -2.19. The molecule has 0 saturated carbocycles. The van der Waals surface area contributed by atoms with Crippen molar-refractivity contribution in [2.45, 2.75) is 49.4 Å². The number of fused-ring (bicyclic) bond motifs is 2. The van der Waals surface area contributed by atoms with Crippen molar-refractivity contribution >= 4 is 34.2 Å². The second-order valence-corrected chi connectivity index (χ2v) is 9.15. The molecule has 0 amide bonds. The summed E-state index contributed by atoms with van der Waals surface area (Å²) in [4.78, 5) is 50.8. The van der Waals surface area contributed by atoms with Gasteiger partial charge in [0.05, 0.1) is 25.8 Å². The molecule has 2 aliphatic rings. The average Bonchev–Trinajstić information content (AvgIpc) is 3.66. The number of nitrogens with two attached hydrogens (primary N) is 2. The number of imidazole rings is 2. The summed E-state index contributed by atoms with van der Waals surface area (Å²) in [5.74, 6) is -0.218. The molecule has 19 nitrogen and oxygen atoms in total. The van der Waals surface area contributed by atoms with E-state index < -0.39 is 54.1 Å². The highest BCUT2D eigenvalue weighted by Crippen LogP contribution is 2.33. The van der Waals surface area contributed by atoms with Crippen LogP contribution in [0.4, 0.5) is 11.9 Å². The number of nitrogens with one attached hydrogen (secondary N) is 3. The van der Waals surface area contributed by atoms with Crippen LogP contribution < -0.4 is 28.1 Å². The third-order valence-electron chi connectivity index (χ3n) is 6.70. The van der Waals surface area contributed by atoms with Gasteiger partial charge in [-0.25, -0.2) is 9.97 Å². The van der Waals surface area contributed by atoms with E-state index >= 15 is 0 Å². The van der Waals surface area contributed by atoms with Crippen LogP contribution in [0.15, 0.2) is 22.2 Å². The van der Waals surface area contributed by atoms with Gasteiger partial charge in [-0.2, -0.15) is 15.4 Å². The summed E-state index contributed by atoms with van der Waals surface area (Å²) in [5, 5.41) is 31.0. The molecule has 10 N–H and O–H groups in total. The summed E-state index contributed by atoms with van der Waals surface area (Å²) in [6.45, 7) is -0.420. The molecule has 0 spiro atoms. The van der Waals surface area contributed by atoms with E-state index in [1.165, 1.54) is 21.8 Å². The summed E-state index contributed by atoms with van der Waals surface area (Å²) in [7, 11) is 0. The number of H-pyrrole nitrogens is 2. The fourth-order valence-electron chi connectivity index (χ4n) is 4.81. The summed E-state index contributed by atoms with van der Waals surface area (Å²) in [6.07, 6.45) is -3.87. The van der Waals surface area contributed by atoms with E-state index in [0.717, 1.165) is 0 Å². The Labute approximate surface area is 216 Å². The first-order valence-corrected chi connectivity index (χ1v) is 11.9. The maximum absolute atomic E-state index is 12.1. The van der Waals surface area contributed by atoms with Gasteiger partial charge in [0, 0.05) is 6.42 Å². The number of hydrogen-bond donors (Lipinski definition) is 8. The van der Waals surface area contributed by atoms with Gasteiger partial charge in [-0.15, -0.1) is 0 Å². The van der Waals surface area contributed by atoms with Crippen molar-refractivity contribution in [3.8, 4) is 0 Å². The smallest absolute Gasteiger partial charge is 0.280 e. The second-order valence-electron chi connectivity index (χ2n) is 9.15. The normalized spacial score (nSPS) is 29.2. The molecule has 2 aliphatic heterocycles. The number of aliphatic hydroxyl groups is 3. The first-order valence-electron chi connectivity index (χ1n) is 11.9.